The maximum Gasteiger partial charge on any atom is 0.119 e. The van der Waals surface area contributed by atoms with Crippen LogP contribution in [0.3, 0.4) is 0 Å². The van der Waals surface area contributed by atoms with E-state index >= 15 is 0 Å². The van der Waals surface area contributed by atoms with Crippen molar-refractivity contribution in [2.45, 2.75) is 0 Å². The third-order valence-corrected chi connectivity index (χ3v) is 1.70. The molecule has 0 saturated carbocycles. The van der Waals surface area contributed by atoms with E-state index < -0.39 is 0 Å². The molecule has 1 rings (SSSR count). The highest BCUT2D eigenvalue weighted by Crippen LogP contribution is 2.13. The molecule has 3 heteroatoms. The second-order valence-electron chi connectivity index (χ2n) is 1.66. The maximum absolute atomic E-state index is 4.99. The van der Waals surface area contributed by atoms with Crippen LogP contribution in [0.15, 0.2) is 24.3 Å². The highest BCUT2D eigenvalue weighted by Gasteiger charge is 1.88. The highest BCUT2D eigenvalue weighted by atomic mass is 127. The predicted octanol–water partition coefficient (Wildman–Crippen LogP) is 2.46. The first-order valence-corrected chi connectivity index (χ1v) is 3.70. The number of ether oxygens (including phenoxy) is 1. The summed E-state index contributed by atoms with van der Waals surface area (Å²) in [6.07, 6.45) is 0. The van der Waals surface area contributed by atoms with Crippen LogP contribution in [0.5, 0.6) is 5.75 Å². The van der Waals surface area contributed by atoms with Crippen molar-refractivity contribution < 1.29 is 4.74 Å². The Hall–Kier alpha value is -0.290. The summed E-state index contributed by atoms with van der Waals surface area (Å²) in [7, 11) is 1.67. The molecule has 1 aromatic rings. The van der Waals surface area contributed by atoms with Crippen molar-refractivity contribution in [3.63, 3.8) is 0 Å². The van der Waals surface area contributed by atoms with Crippen molar-refractivity contribution in [2.24, 2.45) is 0 Å². The quantitative estimate of drug-likeness (QED) is 0.779. The van der Waals surface area contributed by atoms with Gasteiger partial charge in [0.25, 0.3) is 0 Å². The van der Waals surface area contributed by atoms with Gasteiger partial charge in [0.05, 0.1) is 7.11 Å². The molecule has 0 unspecified atom stereocenters. The Balaban J connectivity index is 0.000000810. The van der Waals surface area contributed by atoms with E-state index in [0.29, 0.717) is 0 Å². The van der Waals surface area contributed by atoms with Gasteiger partial charge < -0.3 is 10.9 Å². The second-order valence-corrected chi connectivity index (χ2v) is 2.91. The molecular formula is C7H10INO. The maximum atomic E-state index is 4.99. The highest BCUT2D eigenvalue weighted by molar-refractivity contribution is 14.1. The number of hydrogen-bond acceptors (Lipinski definition) is 2. The molecule has 10 heavy (non-hydrogen) atoms. The van der Waals surface area contributed by atoms with Gasteiger partial charge in [0, 0.05) is 3.57 Å². The van der Waals surface area contributed by atoms with Gasteiger partial charge in [-0.25, -0.2) is 0 Å². The van der Waals surface area contributed by atoms with Crippen LogP contribution in [0.2, 0.25) is 0 Å². The molecule has 2 nitrogen and oxygen atoms in total. The second kappa shape index (κ2) is 4.51. The first-order valence-electron chi connectivity index (χ1n) is 2.62. The van der Waals surface area contributed by atoms with E-state index in [1.807, 2.05) is 24.3 Å². The monoisotopic (exact) mass is 251 g/mol. The van der Waals surface area contributed by atoms with Gasteiger partial charge >= 0.3 is 0 Å². The van der Waals surface area contributed by atoms with Crippen LogP contribution in [0.4, 0.5) is 0 Å². The Labute approximate surface area is 74.3 Å². The Morgan fingerprint density at radius 3 is 2.50 bits per heavy atom. The van der Waals surface area contributed by atoms with E-state index in [4.69, 9.17) is 4.74 Å². The zero-order chi connectivity index (χ0) is 6.69. The summed E-state index contributed by atoms with van der Waals surface area (Å²) in [5.41, 5.74) is 0. The minimum atomic E-state index is 0. The predicted molar refractivity (Wildman–Crippen MR) is 50.7 cm³/mol. The molecule has 56 valence electrons. The van der Waals surface area contributed by atoms with E-state index in [1.54, 1.807) is 7.11 Å². The molecule has 0 aromatic heterocycles. The van der Waals surface area contributed by atoms with Gasteiger partial charge in [0.1, 0.15) is 5.75 Å². The Morgan fingerprint density at radius 2 is 2.10 bits per heavy atom. The lowest BCUT2D eigenvalue weighted by molar-refractivity contribution is 0.414. The molecule has 0 aliphatic carbocycles. The molecule has 0 bridgehead atoms. The van der Waals surface area contributed by atoms with E-state index in [2.05, 4.69) is 22.6 Å². The molecule has 0 spiro atoms. The zero-order valence-corrected chi connectivity index (χ0v) is 7.96. The van der Waals surface area contributed by atoms with Crippen LogP contribution >= 0.6 is 22.6 Å². The lowest BCUT2D eigenvalue weighted by Crippen LogP contribution is -1.81. The summed E-state index contributed by atoms with van der Waals surface area (Å²) >= 11 is 2.25. The van der Waals surface area contributed by atoms with Gasteiger partial charge in [0.2, 0.25) is 0 Å². The summed E-state index contributed by atoms with van der Waals surface area (Å²) < 4.78 is 6.19. The fraction of sp³-hybridized carbons (Fsp3) is 0.143. The normalized spacial score (nSPS) is 8.20. The summed E-state index contributed by atoms with van der Waals surface area (Å²) in [6, 6.07) is 7.92. The van der Waals surface area contributed by atoms with Crippen molar-refractivity contribution in [2.75, 3.05) is 7.11 Å². The molecule has 0 aliphatic rings. The third-order valence-electron chi connectivity index (χ3n) is 1.03. The molecule has 1 aromatic carbocycles. The van der Waals surface area contributed by atoms with Gasteiger partial charge in [-0.05, 0) is 40.8 Å². The number of methoxy groups -OCH3 is 1. The van der Waals surface area contributed by atoms with E-state index in [9.17, 15) is 0 Å². The standard InChI is InChI=1S/C7H7IO.H3N/c1-9-7-4-2-3-6(8)5-7;/h2-5H,1H3;1H3. The van der Waals surface area contributed by atoms with Crippen LogP contribution < -0.4 is 10.9 Å². The summed E-state index contributed by atoms with van der Waals surface area (Å²) in [6.45, 7) is 0. The van der Waals surface area contributed by atoms with E-state index in [1.165, 1.54) is 3.57 Å². The van der Waals surface area contributed by atoms with Crippen LogP contribution in [0.25, 0.3) is 0 Å². The smallest absolute Gasteiger partial charge is 0.119 e. The van der Waals surface area contributed by atoms with Gasteiger partial charge in [-0.1, -0.05) is 6.07 Å². The van der Waals surface area contributed by atoms with Crippen LogP contribution in [-0.2, 0) is 0 Å². The fourth-order valence-electron chi connectivity index (χ4n) is 0.594. The molecule has 0 heterocycles. The molecule has 0 aliphatic heterocycles. The van der Waals surface area contributed by atoms with Gasteiger partial charge in [0.15, 0.2) is 0 Å². The van der Waals surface area contributed by atoms with Crippen LogP contribution in [0, 0.1) is 3.57 Å². The minimum Gasteiger partial charge on any atom is -0.497 e. The van der Waals surface area contributed by atoms with E-state index in [0.717, 1.165) is 5.75 Å². The molecule has 0 fully saturated rings. The van der Waals surface area contributed by atoms with Crippen molar-refractivity contribution in [1.82, 2.24) is 6.15 Å². The molecule has 0 saturated heterocycles. The lowest BCUT2D eigenvalue weighted by atomic mass is 10.3. The van der Waals surface area contributed by atoms with Crippen molar-refractivity contribution in [3.05, 3.63) is 27.8 Å². The van der Waals surface area contributed by atoms with Crippen LogP contribution in [0.1, 0.15) is 0 Å². The van der Waals surface area contributed by atoms with Crippen molar-refractivity contribution in [3.8, 4) is 5.75 Å². The van der Waals surface area contributed by atoms with Crippen molar-refractivity contribution >= 4 is 22.6 Å². The molecular weight excluding hydrogens is 241 g/mol. The van der Waals surface area contributed by atoms with E-state index in [-0.39, 0.29) is 6.15 Å². The van der Waals surface area contributed by atoms with Gasteiger partial charge in [-0.15, -0.1) is 0 Å². The first-order chi connectivity index (χ1) is 4.33. The lowest BCUT2D eigenvalue weighted by Gasteiger charge is -1.96. The minimum absolute atomic E-state index is 0. The summed E-state index contributed by atoms with van der Waals surface area (Å²) in [4.78, 5) is 0. The Morgan fingerprint density at radius 1 is 1.40 bits per heavy atom. The molecule has 0 amide bonds. The largest absolute Gasteiger partial charge is 0.497 e. The zero-order valence-electron chi connectivity index (χ0n) is 5.80. The molecule has 0 atom stereocenters. The number of hydrogen-bond donors (Lipinski definition) is 1. The Kier molecular flexibility index (Phi) is 4.38. The fourth-order valence-corrected chi connectivity index (χ4v) is 1.11. The summed E-state index contributed by atoms with van der Waals surface area (Å²) in [5, 5.41) is 0. The topological polar surface area (TPSA) is 44.2 Å². The number of benzene rings is 1. The summed E-state index contributed by atoms with van der Waals surface area (Å²) in [5.74, 6) is 0.918. The number of rotatable bonds is 1. The van der Waals surface area contributed by atoms with Gasteiger partial charge in [-0.3, -0.25) is 0 Å². The average molecular weight is 251 g/mol. The van der Waals surface area contributed by atoms with Gasteiger partial charge in [-0.2, -0.15) is 0 Å². The molecule has 0 radical (unpaired) electrons. The van der Waals surface area contributed by atoms with Crippen LogP contribution in [-0.4, -0.2) is 7.11 Å². The van der Waals surface area contributed by atoms with Crippen molar-refractivity contribution in [1.29, 1.82) is 0 Å². The average Bonchev–Trinajstić information content (AvgIpc) is 1.88. The number of halogens is 1. The Bertz CT molecular complexity index is 203. The SMILES string of the molecule is COc1cccc(I)c1.N. The first kappa shape index (κ1) is 9.71. The third kappa shape index (κ3) is 2.53. The molecule has 3 N–H and O–H groups in total.